The maximum absolute atomic E-state index is 11.4. The molecule has 1 unspecified atom stereocenters. The monoisotopic (exact) mass is 416 g/mol. The summed E-state index contributed by atoms with van der Waals surface area (Å²) in [4.78, 5) is 12.6. The Balaban J connectivity index is 1.47. The second kappa shape index (κ2) is 7.01. The topological polar surface area (TPSA) is 69.8 Å². The van der Waals surface area contributed by atoms with Crippen molar-refractivity contribution in [3.05, 3.63) is 57.5 Å². The lowest BCUT2D eigenvalue weighted by Crippen LogP contribution is -2.13. The van der Waals surface area contributed by atoms with Crippen molar-refractivity contribution in [1.82, 2.24) is 15.5 Å². The molecule has 4 rings (SSSR count). The molecule has 25 heavy (non-hydrogen) atoms. The van der Waals surface area contributed by atoms with Crippen molar-refractivity contribution in [3.8, 4) is 10.6 Å². The van der Waals surface area contributed by atoms with Gasteiger partial charge >= 0.3 is 0 Å². The highest BCUT2D eigenvalue weighted by Gasteiger charge is 2.23. The second-order valence-corrected chi connectivity index (χ2v) is 8.52. The third kappa shape index (κ3) is 3.62. The Morgan fingerprint density at radius 3 is 3.00 bits per heavy atom. The third-order valence-corrected chi connectivity index (χ3v) is 6.00. The number of thiophene rings is 1. The first-order valence-corrected chi connectivity index (χ1v) is 9.68. The van der Waals surface area contributed by atoms with Gasteiger partial charge in [0.15, 0.2) is 0 Å². The fourth-order valence-corrected chi connectivity index (χ4v) is 4.46. The summed E-state index contributed by atoms with van der Waals surface area (Å²) >= 11 is 5.18. The van der Waals surface area contributed by atoms with E-state index in [1.54, 1.807) is 11.3 Å². The maximum Gasteiger partial charge on any atom is 0.220 e. The van der Waals surface area contributed by atoms with Crippen LogP contribution >= 0.6 is 27.3 Å². The van der Waals surface area contributed by atoms with E-state index in [1.807, 2.05) is 18.3 Å². The lowest BCUT2D eigenvalue weighted by atomic mass is 9.98. The van der Waals surface area contributed by atoms with Crippen molar-refractivity contribution in [2.24, 2.45) is 0 Å². The third-order valence-electron chi connectivity index (χ3n) is 4.36. The normalized spacial score (nSPS) is 16.8. The van der Waals surface area contributed by atoms with Crippen LogP contribution in [0.2, 0.25) is 0 Å². The van der Waals surface area contributed by atoms with Crippen LogP contribution in [0.5, 0.6) is 0 Å². The maximum atomic E-state index is 11.4. The number of aromatic nitrogens is 2. The van der Waals surface area contributed by atoms with Crippen LogP contribution in [0, 0.1) is 0 Å². The molecule has 1 atom stereocenters. The van der Waals surface area contributed by atoms with E-state index in [0.29, 0.717) is 13.0 Å². The minimum Gasteiger partial charge on any atom is -0.381 e. The smallest absolute Gasteiger partial charge is 0.220 e. The molecule has 1 aromatic carbocycles. The van der Waals surface area contributed by atoms with E-state index in [1.165, 1.54) is 5.56 Å². The SMILES string of the molecule is O=C1CC(c2cccc(NCc3cn[nH]c3-c3ccc(Br)s3)c2)CN1. The first-order chi connectivity index (χ1) is 12.2. The van der Waals surface area contributed by atoms with Crippen molar-refractivity contribution in [1.29, 1.82) is 0 Å². The van der Waals surface area contributed by atoms with Crippen LogP contribution in [0.1, 0.15) is 23.5 Å². The number of nitrogens with zero attached hydrogens (tertiary/aromatic N) is 1. The van der Waals surface area contributed by atoms with E-state index in [-0.39, 0.29) is 11.8 Å². The molecule has 0 bridgehead atoms. The number of aromatic amines is 1. The van der Waals surface area contributed by atoms with E-state index in [0.717, 1.165) is 32.2 Å². The van der Waals surface area contributed by atoms with Crippen LogP contribution < -0.4 is 10.6 Å². The first kappa shape index (κ1) is 16.4. The number of benzene rings is 1. The van der Waals surface area contributed by atoms with Gasteiger partial charge in [-0.3, -0.25) is 9.89 Å². The Morgan fingerprint density at radius 1 is 1.32 bits per heavy atom. The molecule has 0 spiro atoms. The zero-order valence-corrected chi connectivity index (χ0v) is 15.8. The fraction of sp³-hybridized carbons (Fsp3) is 0.222. The zero-order chi connectivity index (χ0) is 17.2. The number of halogens is 1. The van der Waals surface area contributed by atoms with Crippen LogP contribution in [-0.4, -0.2) is 22.6 Å². The van der Waals surface area contributed by atoms with Crippen molar-refractivity contribution in [2.75, 3.05) is 11.9 Å². The number of carbonyl (C=O) groups is 1. The minimum absolute atomic E-state index is 0.133. The van der Waals surface area contributed by atoms with Gasteiger partial charge in [-0.15, -0.1) is 11.3 Å². The Labute approximate surface area is 158 Å². The van der Waals surface area contributed by atoms with E-state index in [4.69, 9.17) is 0 Å². The molecule has 3 N–H and O–H groups in total. The van der Waals surface area contributed by atoms with Gasteiger partial charge in [-0.05, 0) is 45.8 Å². The average molecular weight is 417 g/mol. The Bertz CT molecular complexity index is 904. The molecule has 1 aliphatic heterocycles. The van der Waals surface area contributed by atoms with Gasteiger partial charge < -0.3 is 10.6 Å². The summed E-state index contributed by atoms with van der Waals surface area (Å²) in [5.74, 6) is 0.399. The van der Waals surface area contributed by atoms with E-state index in [9.17, 15) is 4.79 Å². The van der Waals surface area contributed by atoms with Crippen LogP contribution in [0.25, 0.3) is 10.6 Å². The average Bonchev–Trinajstić information content (AvgIpc) is 3.34. The molecule has 1 fully saturated rings. The van der Waals surface area contributed by atoms with Crippen LogP contribution in [-0.2, 0) is 11.3 Å². The molecule has 128 valence electrons. The first-order valence-electron chi connectivity index (χ1n) is 8.07. The van der Waals surface area contributed by atoms with Crippen molar-refractivity contribution in [3.63, 3.8) is 0 Å². The molecule has 0 aliphatic carbocycles. The lowest BCUT2D eigenvalue weighted by molar-refractivity contribution is -0.119. The standard InChI is InChI=1S/C18H17BrN4OS/c19-16-5-4-15(25-16)18-13(10-22-23-18)9-20-14-3-1-2-11(6-14)12-7-17(24)21-8-12/h1-6,10,12,20H,7-9H2,(H,21,24)(H,22,23). The number of hydrogen-bond acceptors (Lipinski definition) is 4. The molecule has 1 amide bonds. The summed E-state index contributed by atoms with van der Waals surface area (Å²) < 4.78 is 1.10. The summed E-state index contributed by atoms with van der Waals surface area (Å²) in [7, 11) is 0. The van der Waals surface area contributed by atoms with E-state index >= 15 is 0 Å². The van der Waals surface area contributed by atoms with Gasteiger partial charge in [-0.25, -0.2) is 0 Å². The molecule has 5 nitrogen and oxygen atoms in total. The van der Waals surface area contributed by atoms with Gasteiger partial charge in [0.05, 0.1) is 20.6 Å². The predicted octanol–water partition coefficient (Wildman–Crippen LogP) is 4.12. The number of amides is 1. The molecule has 3 aromatic rings. The van der Waals surface area contributed by atoms with Crippen LogP contribution in [0.4, 0.5) is 5.69 Å². The van der Waals surface area contributed by atoms with Gasteiger partial charge in [0.25, 0.3) is 0 Å². The van der Waals surface area contributed by atoms with Gasteiger partial charge in [0.2, 0.25) is 5.91 Å². The second-order valence-electron chi connectivity index (χ2n) is 6.06. The molecule has 1 aliphatic rings. The number of rotatable bonds is 5. The highest BCUT2D eigenvalue weighted by molar-refractivity contribution is 9.11. The highest BCUT2D eigenvalue weighted by Crippen LogP contribution is 2.32. The summed E-state index contributed by atoms with van der Waals surface area (Å²) in [6, 6.07) is 12.4. The van der Waals surface area contributed by atoms with Crippen LogP contribution in [0.3, 0.4) is 0 Å². The summed E-state index contributed by atoms with van der Waals surface area (Å²) in [6.07, 6.45) is 2.43. The van der Waals surface area contributed by atoms with E-state index < -0.39 is 0 Å². The lowest BCUT2D eigenvalue weighted by Gasteiger charge is -2.11. The number of hydrogen-bond donors (Lipinski definition) is 3. The Kier molecular flexibility index (Phi) is 4.59. The Hall–Kier alpha value is -2.12. The van der Waals surface area contributed by atoms with Gasteiger partial charge in [0, 0.05) is 36.7 Å². The quantitative estimate of drug-likeness (QED) is 0.585. The van der Waals surface area contributed by atoms with Crippen molar-refractivity contribution >= 4 is 38.9 Å². The molecule has 7 heteroatoms. The predicted molar refractivity (Wildman–Crippen MR) is 104 cm³/mol. The highest BCUT2D eigenvalue weighted by atomic mass is 79.9. The minimum atomic E-state index is 0.133. The van der Waals surface area contributed by atoms with Gasteiger partial charge in [-0.1, -0.05) is 12.1 Å². The molecular weight excluding hydrogens is 400 g/mol. The number of H-pyrrole nitrogens is 1. The van der Waals surface area contributed by atoms with Crippen LogP contribution in [0.15, 0.2) is 46.4 Å². The Morgan fingerprint density at radius 2 is 2.24 bits per heavy atom. The summed E-state index contributed by atoms with van der Waals surface area (Å²) in [5, 5.41) is 13.6. The molecule has 0 saturated carbocycles. The van der Waals surface area contributed by atoms with Crippen molar-refractivity contribution < 1.29 is 4.79 Å². The number of nitrogens with one attached hydrogen (secondary N) is 3. The van der Waals surface area contributed by atoms with Gasteiger partial charge in [-0.2, -0.15) is 5.10 Å². The summed E-state index contributed by atoms with van der Waals surface area (Å²) in [6.45, 7) is 1.41. The molecular formula is C18H17BrN4OS. The molecule has 2 aromatic heterocycles. The zero-order valence-electron chi connectivity index (χ0n) is 13.4. The van der Waals surface area contributed by atoms with E-state index in [2.05, 4.69) is 61.0 Å². The summed E-state index contributed by atoms with van der Waals surface area (Å²) in [5.41, 5.74) is 4.41. The largest absolute Gasteiger partial charge is 0.381 e. The fourth-order valence-electron chi connectivity index (χ4n) is 3.05. The van der Waals surface area contributed by atoms with Gasteiger partial charge in [0.1, 0.15) is 0 Å². The molecule has 3 heterocycles. The number of anilines is 1. The molecule has 1 saturated heterocycles. The molecule has 0 radical (unpaired) electrons. The van der Waals surface area contributed by atoms with Crippen molar-refractivity contribution in [2.45, 2.75) is 18.9 Å². The number of carbonyl (C=O) groups excluding carboxylic acids is 1.